The van der Waals surface area contributed by atoms with Gasteiger partial charge in [0.2, 0.25) is 5.95 Å². The number of aromatic nitrogens is 3. The van der Waals surface area contributed by atoms with Crippen LogP contribution < -0.4 is 5.32 Å². The van der Waals surface area contributed by atoms with Gasteiger partial charge in [-0.2, -0.15) is 9.97 Å². The van der Waals surface area contributed by atoms with Crippen molar-refractivity contribution < 1.29 is 5.11 Å². The van der Waals surface area contributed by atoms with E-state index in [4.69, 9.17) is 5.11 Å². The quantitative estimate of drug-likeness (QED) is 0.740. The first kappa shape index (κ1) is 10.8. The van der Waals surface area contributed by atoms with E-state index in [9.17, 15) is 0 Å². The van der Waals surface area contributed by atoms with Crippen LogP contribution in [-0.4, -0.2) is 32.7 Å². The molecule has 0 saturated carbocycles. The van der Waals surface area contributed by atoms with Gasteiger partial charge < -0.3 is 10.4 Å². The molecule has 2 N–H and O–H groups in total. The minimum Gasteiger partial charge on any atom is -0.394 e. The lowest BCUT2D eigenvalue weighted by molar-refractivity contribution is 0.271. The van der Waals surface area contributed by atoms with Crippen LogP contribution >= 0.6 is 0 Å². The Balaban J connectivity index is 2.75. The average molecular weight is 196 g/mol. The van der Waals surface area contributed by atoms with Gasteiger partial charge in [0, 0.05) is 0 Å². The summed E-state index contributed by atoms with van der Waals surface area (Å²) in [4.78, 5) is 12.3. The first-order valence-electron chi connectivity index (χ1n) is 4.72. The van der Waals surface area contributed by atoms with E-state index in [-0.39, 0.29) is 12.6 Å². The Kier molecular flexibility index (Phi) is 3.76. The van der Waals surface area contributed by atoms with Crippen LogP contribution in [0.2, 0.25) is 0 Å². The smallest absolute Gasteiger partial charge is 0.226 e. The summed E-state index contributed by atoms with van der Waals surface area (Å²) in [6.45, 7) is 5.72. The SMILES string of the molecule is CC[C@@H](CO)Nc1nc(C)nc(C)n1. The fraction of sp³-hybridized carbons (Fsp3) is 0.667. The van der Waals surface area contributed by atoms with E-state index in [1.165, 1.54) is 0 Å². The van der Waals surface area contributed by atoms with Gasteiger partial charge in [-0.15, -0.1) is 0 Å². The topological polar surface area (TPSA) is 70.9 Å². The highest BCUT2D eigenvalue weighted by Crippen LogP contribution is 2.03. The van der Waals surface area contributed by atoms with Crippen molar-refractivity contribution in [1.82, 2.24) is 15.0 Å². The molecule has 5 heteroatoms. The third kappa shape index (κ3) is 2.92. The Morgan fingerprint density at radius 3 is 2.21 bits per heavy atom. The van der Waals surface area contributed by atoms with Crippen molar-refractivity contribution in [1.29, 1.82) is 0 Å². The molecule has 0 radical (unpaired) electrons. The molecule has 1 heterocycles. The number of nitrogens with one attached hydrogen (secondary N) is 1. The average Bonchev–Trinajstić information content (AvgIpc) is 2.12. The number of nitrogens with zero attached hydrogens (tertiary/aromatic N) is 3. The lowest BCUT2D eigenvalue weighted by atomic mass is 10.2. The van der Waals surface area contributed by atoms with Crippen molar-refractivity contribution in [2.45, 2.75) is 33.2 Å². The van der Waals surface area contributed by atoms with Crippen molar-refractivity contribution in [3.8, 4) is 0 Å². The largest absolute Gasteiger partial charge is 0.394 e. The summed E-state index contributed by atoms with van der Waals surface area (Å²) in [6.07, 6.45) is 0.834. The van der Waals surface area contributed by atoms with Gasteiger partial charge in [-0.1, -0.05) is 6.92 Å². The summed E-state index contributed by atoms with van der Waals surface area (Å²) in [6, 6.07) is 0.0104. The van der Waals surface area contributed by atoms with Gasteiger partial charge >= 0.3 is 0 Å². The van der Waals surface area contributed by atoms with Gasteiger partial charge in [0.25, 0.3) is 0 Å². The first-order valence-corrected chi connectivity index (χ1v) is 4.72. The summed E-state index contributed by atoms with van der Waals surface area (Å²) in [5, 5.41) is 12.0. The summed E-state index contributed by atoms with van der Waals surface area (Å²) in [5.74, 6) is 1.91. The highest BCUT2D eigenvalue weighted by molar-refractivity contribution is 5.25. The summed E-state index contributed by atoms with van der Waals surface area (Å²) in [7, 11) is 0. The third-order valence-corrected chi connectivity index (χ3v) is 1.91. The number of anilines is 1. The predicted molar refractivity (Wildman–Crippen MR) is 54.1 cm³/mol. The molecular formula is C9H16N4O. The van der Waals surface area contributed by atoms with Gasteiger partial charge in [-0.25, -0.2) is 4.98 Å². The molecule has 1 rings (SSSR count). The highest BCUT2D eigenvalue weighted by atomic mass is 16.3. The summed E-state index contributed by atoms with van der Waals surface area (Å²) >= 11 is 0. The molecule has 14 heavy (non-hydrogen) atoms. The first-order chi connectivity index (χ1) is 6.65. The third-order valence-electron chi connectivity index (χ3n) is 1.91. The van der Waals surface area contributed by atoms with Crippen LogP contribution in [0.15, 0.2) is 0 Å². The maximum absolute atomic E-state index is 8.99. The molecule has 0 saturated heterocycles. The fourth-order valence-corrected chi connectivity index (χ4v) is 1.14. The minimum absolute atomic E-state index is 0.0104. The molecule has 0 aliphatic heterocycles. The zero-order chi connectivity index (χ0) is 10.6. The van der Waals surface area contributed by atoms with E-state index in [1.807, 2.05) is 20.8 Å². The number of aryl methyl sites for hydroxylation is 2. The van der Waals surface area contributed by atoms with Gasteiger partial charge in [0.15, 0.2) is 0 Å². The standard InChI is InChI=1S/C9H16N4O/c1-4-8(5-14)13-9-11-6(2)10-7(3)12-9/h8,14H,4-5H2,1-3H3,(H,10,11,12,13)/t8-/m0/s1. The minimum atomic E-state index is 0.0104. The van der Waals surface area contributed by atoms with Crippen molar-refractivity contribution in [3.63, 3.8) is 0 Å². The fourth-order valence-electron chi connectivity index (χ4n) is 1.14. The molecule has 0 unspecified atom stereocenters. The monoisotopic (exact) mass is 196 g/mol. The molecule has 0 amide bonds. The maximum Gasteiger partial charge on any atom is 0.226 e. The number of hydrogen-bond acceptors (Lipinski definition) is 5. The van der Waals surface area contributed by atoms with Crippen LogP contribution in [0, 0.1) is 13.8 Å². The normalized spacial score (nSPS) is 12.6. The maximum atomic E-state index is 8.99. The predicted octanol–water partition coefficient (Wildman–Crippen LogP) is 0.671. The molecule has 1 aromatic heterocycles. The summed E-state index contributed by atoms with van der Waals surface area (Å²) in [5.41, 5.74) is 0. The van der Waals surface area contributed by atoms with E-state index in [0.29, 0.717) is 17.6 Å². The molecule has 78 valence electrons. The Morgan fingerprint density at radius 2 is 1.79 bits per heavy atom. The number of aliphatic hydroxyl groups excluding tert-OH is 1. The zero-order valence-corrected chi connectivity index (χ0v) is 8.78. The van der Waals surface area contributed by atoms with Crippen LogP contribution in [0.5, 0.6) is 0 Å². The number of rotatable bonds is 4. The summed E-state index contributed by atoms with van der Waals surface area (Å²) < 4.78 is 0. The highest BCUT2D eigenvalue weighted by Gasteiger charge is 2.06. The second-order valence-electron chi connectivity index (χ2n) is 3.19. The Hall–Kier alpha value is -1.23. The molecular weight excluding hydrogens is 180 g/mol. The molecule has 0 aliphatic rings. The Bertz CT molecular complexity index is 279. The van der Waals surface area contributed by atoms with Crippen molar-refractivity contribution in [3.05, 3.63) is 11.6 Å². The molecule has 0 aromatic carbocycles. The van der Waals surface area contributed by atoms with Gasteiger partial charge in [0.05, 0.1) is 12.6 Å². The van der Waals surface area contributed by atoms with Gasteiger partial charge in [0.1, 0.15) is 11.6 Å². The van der Waals surface area contributed by atoms with Crippen molar-refractivity contribution >= 4 is 5.95 Å². The van der Waals surface area contributed by atoms with Gasteiger partial charge in [-0.3, -0.25) is 0 Å². The van der Waals surface area contributed by atoms with Gasteiger partial charge in [-0.05, 0) is 20.3 Å². The molecule has 1 aromatic rings. The molecule has 5 nitrogen and oxygen atoms in total. The second-order valence-corrected chi connectivity index (χ2v) is 3.19. The lowest BCUT2D eigenvalue weighted by Crippen LogP contribution is -2.24. The van der Waals surface area contributed by atoms with E-state index < -0.39 is 0 Å². The van der Waals surface area contributed by atoms with E-state index in [2.05, 4.69) is 20.3 Å². The van der Waals surface area contributed by atoms with Crippen molar-refractivity contribution in [2.24, 2.45) is 0 Å². The molecule has 0 aliphatic carbocycles. The molecule has 0 bridgehead atoms. The zero-order valence-electron chi connectivity index (χ0n) is 8.78. The molecule has 1 atom stereocenters. The van der Waals surface area contributed by atoms with E-state index >= 15 is 0 Å². The second kappa shape index (κ2) is 4.85. The number of aliphatic hydroxyl groups is 1. The van der Waals surface area contributed by atoms with Crippen LogP contribution in [-0.2, 0) is 0 Å². The van der Waals surface area contributed by atoms with Crippen LogP contribution in [0.25, 0.3) is 0 Å². The van der Waals surface area contributed by atoms with Crippen LogP contribution in [0.4, 0.5) is 5.95 Å². The van der Waals surface area contributed by atoms with Crippen molar-refractivity contribution in [2.75, 3.05) is 11.9 Å². The molecule has 0 fully saturated rings. The number of hydrogen-bond donors (Lipinski definition) is 2. The molecule has 0 spiro atoms. The van der Waals surface area contributed by atoms with E-state index in [0.717, 1.165) is 6.42 Å². The lowest BCUT2D eigenvalue weighted by Gasteiger charge is -2.13. The Morgan fingerprint density at radius 1 is 1.21 bits per heavy atom. The van der Waals surface area contributed by atoms with Crippen LogP contribution in [0.1, 0.15) is 25.0 Å². The van der Waals surface area contributed by atoms with Crippen LogP contribution in [0.3, 0.4) is 0 Å². The van der Waals surface area contributed by atoms with E-state index in [1.54, 1.807) is 0 Å². The Labute approximate surface area is 83.6 Å².